The minimum atomic E-state index is -0.541. The van der Waals surface area contributed by atoms with Gasteiger partial charge in [0, 0.05) is 18.2 Å². The van der Waals surface area contributed by atoms with Crippen LogP contribution in [0.1, 0.15) is 47.9 Å². The Hall–Kier alpha value is -2.73. The molecular weight excluding hydrogens is 493 g/mol. The van der Waals surface area contributed by atoms with Crippen LogP contribution in [-0.2, 0) is 6.54 Å². The van der Waals surface area contributed by atoms with Gasteiger partial charge >= 0.3 is 0 Å². The predicted molar refractivity (Wildman–Crippen MR) is 126 cm³/mol. The maximum atomic E-state index is 12.9. The topological polar surface area (TPSA) is 140 Å². The Labute approximate surface area is 205 Å². The van der Waals surface area contributed by atoms with Crippen LogP contribution < -0.4 is 11.2 Å². The number of hydrazone groups is 1. The molecule has 11 nitrogen and oxygen atoms in total. The second-order valence-electron chi connectivity index (χ2n) is 7.43. The molecule has 0 saturated carbocycles. The van der Waals surface area contributed by atoms with Crippen LogP contribution in [-0.4, -0.2) is 54.9 Å². The van der Waals surface area contributed by atoms with E-state index in [-0.39, 0.29) is 29.7 Å². The number of anilines is 1. The Kier molecular flexibility index (Phi) is 8.25. The minimum Gasteiger partial charge on any atom is -0.378 e. The SMILES string of the molecule is CC1CCCCN1Cc1c(C(=O)N/N=C\c2cccc(Cl)c2Cl)nnn1-c1nonc1N.Cl. The van der Waals surface area contributed by atoms with Gasteiger partial charge in [0.15, 0.2) is 5.69 Å². The van der Waals surface area contributed by atoms with E-state index < -0.39 is 5.91 Å². The third-order valence-corrected chi connectivity index (χ3v) is 6.15. The highest BCUT2D eigenvalue weighted by Gasteiger charge is 2.28. The van der Waals surface area contributed by atoms with Gasteiger partial charge in [0.1, 0.15) is 0 Å². The van der Waals surface area contributed by atoms with Crippen molar-refractivity contribution in [3.8, 4) is 5.82 Å². The second-order valence-corrected chi connectivity index (χ2v) is 8.21. The number of nitrogens with zero attached hydrogens (tertiary/aromatic N) is 7. The van der Waals surface area contributed by atoms with Crippen molar-refractivity contribution in [1.82, 2.24) is 35.6 Å². The summed E-state index contributed by atoms with van der Waals surface area (Å²) in [7, 11) is 0. The van der Waals surface area contributed by atoms with Gasteiger partial charge in [-0.2, -0.15) is 9.78 Å². The summed E-state index contributed by atoms with van der Waals surface area (Å²) in [5.74, 6) is -0.325. The van der Waals surface area contributed by atoms with Gasteiger partial charge in [0.05, 0.1) is 22.0 Å². The van der Waals surface area contributed by atoms with Crippen molar-refractivity contribution in [2.45, 2.75) is 38.8 Å². The van der Waals surface area contributed by atoms with Crippen molar-refractivity contribution < 1.29 is 9.42 Å². The normalized spacial score (nSPS) is 16.6. The third-order valence-electron chi connectivity index (χ3n) is 5.32. The number of nitrogens with one attached hydrogen (secondary N) is 1. The molecule has 176 valence electrons. The average Bonchev–Trinajstić information content (AvgIpc) is 3.38. The van der Waals surface area contributed by atoms with Crippen molar-refractivity contribution in [3.05, 3.63) is 45.2 Å². The van der Waals surface area contributed by atoms with Crippen molar-refractivity contribution in [3.63, 3.8) is 0 Å². The van der Waals surface area contributed by atoms with E-state index >= 15 is 0 Å². The van der Waals surface area contributed by atoms with Gasteiger partial charge in [-0.05, 0) is 42.7 Å². The van der Waals surface area contributed by atoms with Gasteiger partial charge in [0.25, 0.3) is 5.91 Å². The standard InChI is InChI=1S/C19H21Cl2N9O2.ClH/c1-11-5-2-3-8-29(11)10-14-16(24-28-30(14)18-17(22)26-32-27-18)19(31)25-23-9-12-6-4-7-13(20)15(12)21;/h4,6-7,9,11H,2-3,5,8,10H2,1H3,(H2,22,26)(H,25,31);1H/b23-9-;. The van der Waals surface area contributed by atoms with Crippen LogP contribution in [0.5, 0.6) is 0 Å². The van der Waals surface area contributed by atoms with Gasteiger partial charge < -0.3 is 5.73 Å². The van der Waals surface area contributed by atoms with Crippen LogP contribution in [0.2, 0.25) is 10.0 Å². The first kappa shape index (κ1) is 24.9. The molecule has 0 aliphatic carbocycles. The minimum absolute atomic E-state index is 0. The number of carbonyl (C=O) groups is 1. The zero-order valence-corrected chi connectivity index (χ0v) is 19.9. The van der Waals surface area contributed by atoms with Crippen molar-refractivity contribution in [2.75, 3.05) is 12.3 Å². The van der Waals surface area contributed by atoms with Crippen molar-refractivity contribution >= 4 is 53.5 Å². The van der Waals surface area contributed by atoms with Crippen LogP contribution in [0.3, 0.4) is 0 Å². The van der Waals surface area contributed by atoms with Crippen LogP contribution >= 0.6 is 35.6 Å². The molecule has 4 rings (SSSR count). The summed E-state index contributed by atoms with van der Waals surface area (Å²) >= 11 is 12.2. The molecule has 1 atom stereocenters. The molecule has 1 aliphatic rings. The molecule has 0 bridgehead atoms. The maximum Gasteiger partial charge on any atom is 0.293 e. The number of benzene rings is 1. The highest BCUT2D eigenvalue weighted by molar-refractivity contribution is 6.43. The Morgan fingerprint density at radius 2 is 2.18 bits per heavy atom. The summed E-state index contributed by atoms with van der Waals surface area (Å²) in [5, 5.41) is 20.2. The lowest BCUT2D eigenvalue weighted by molar-refractivity contribution is 0.0945. The van der Waals surface area contributed by atoms with E-state index in [0.29, 0.717) is 33.9 Å². The molecule has 0 radical (unpaired) electrons. The van der Waals surface area contributed by atoms with Crippen molar-refractivity contribution in [2.24, 2.45) is 5.10 Å². The maximum absolute atomic E-state index is 12.9. The summed E-state index contributed by atoms with van der Waals surface area (Å²) in [6.45, 7) is 3.47. The quantitative estimate of drug-likeness (QED) is 0.378. The molecule has 1 unspecified atom stereocenters. The Bertz CT molecular complexity index is 1150. The highest BCUT2D eigenvalue weighted by atomic mass is 35.5. The largest absolute Gasteiger partial charge is 0.378 e. The molecule has 1 saturated heterocycles. The molecule has 1 fully saturated rings. The molecule has 1 aromatic carbocycles. The molecule has 3 N–H and O–H groups in total. The summed E-state index contributed by atoms with van der Waals surface area (Å²) in [6, 6.07) is 5.47. The molecule has 3 aromatic rings. The Balaban J connectivity index is 0.00000306. The fourth-order valence-electron chi connectivity index (χ4n) is 3.55. The zero-order valence-electron chi connectivity index (χ0n) is 17.6. The van der Waals surface area contributed by atoms with Crippen molar-refractivity contribution in [1.29, 1.82) is 0 Å². The first-order valence-electron chi connectivity index (χ1n) is 10.00. The van der Waals surface area contributed by atoms with E-state index in [4.69, 9.17) is 33.6 Å². The lowest BCUT2D eigenvalue weighted by Gasteiger charge is -2.33. The monoisotopic (exact) mass is 513 g/mol. The fourth-order valence-corrected chi connectivity index (χ4v) is 3.90. The average molecular weight is 515 g/mol. The number of halogens is 3. The number of carbonyl (C=O) groups excluding carboxylic acids is 1. The number of hydrogen-bond donors (Lipinski definition) is 2. The lowest BCUT2D eigenvalue weighted by Crippen LogP contribution is -2.38. The highest BCUT2D eigenvalue weighted by Crippen LogP contribution is 2.24. The van der Waals surface area contributed by atoms with Gasteiger partial charge in [-0.25, -0.2) is 10.1 Å². The fraction of sp³-hybridized carbons (Fsp3) is 0.368. The zero-order chi connectivity index (χ0) is 22.7. The van der Waals surface area contributed by atoms with Gasteiger partial charge in [-0.1, -0.05) is 47.0 Å². The number of nitrogens with two attached hydrogens (primary N) is 1. The van der Waals surface area contributed by atoms with Crippen LogP contribution in [0.15, 0.2) is 27.9 Å². The molecule has 33 heavy (non-hydrogen) atoms. The van der Waals surface area contributed by atoms with E-state index in [9.17, 15) is 4.79 Å². The number of hydrogen-bond acceptors (Lipinski definition) is 9. The first-order chi connectivity index (χ1) is 15.5. The van der Waals surface area contributed by atoms with Gasteiger partial charge in [-0.3, -0.25) is 9.69 Å². The molecule has 14 heteroatoms. The van der Waals surface area contributed by atoms with E-state index in [1.807, 2.05) is 0 Å². The smallest absolute Gasteiger partial charge is 0.293 e. The molecule has 0 spiro atoms. The van der Waals surface area contributed by atoms with Gasteiger partial charge in [0.2, 0.25) is 11.6 Å². The van der Waals surface area contributed by atoms with E-state index in [2.05, 4.69) is 43.0 Å². The summed E-state index contributed by atoms with van der Waals surface area (Å²) in [6.07, 6.45) is 4.72. The summed E-state index contributed by atoms with van der Waals surface area (Å²) in [5.41, 5.74) is 9.47. The predicted octanol–water partition coefficient (Wildman–Crippen LogP) is 3.10. The van der Waals surface area contributed by atoms with Crippen LogP contribution in [0.25, 0.3) is 5.82 Å². The van der Waals surface area contributed by atoms with Gasteiger partial charge in [-0.15, -0.1) is 17.5 Å². The molecular formula is C19H22Cl3N9O2. The molecule has 3 heterocycles. The Morgan fingerprint density at radius 3 is 2.91 bits per heavy atom. The van der Waals surface area contributed by atoms with E-state index in [1.165, 1.54) is 17.3 Å². The number of aromatic nitrogens is 5. The third kappa shape index (κ3) is 5.44. The van der Waals surface area contributed by atoms with E-state index in [1.54, 1.807) is 18.2 Å². The first-order valence-corrected chi connectivity index (χ1v) is 10.8. The number of piperidine rings is 1. The molecule has 1 aliphatic heterocycles. The number of amides is 1. The number of likely N-dealkylation sites (tertiary alicyclic amines) is 1. The van der Waals surface area contributed by atoms with Crippen LogP contribution in [0, 0.1) is 0 Å². The second kappa shape index (κ2) is 10.9. The summed E-state index contributed by atoms with van der Waals surface area (Å²) in [4.78, 5) is 15.1. The molecule has 1 amide bonds. The van der Waals surface area contributed by atoms with E-state index in [0.717, 1.165) is 19.4 Å². The Morgan fingerprint density at radius 1 is 1.36 bits per heavy atom. The summed E-state index contributed by atoms with van der Waals surface area (Å²) < 4.78 is 6.07. The molecule has 2 aromatic heterocycles. The number of rotatable bonds is 6. The number of nitrogen functional groups attached to an aromatic ring is 1. The lowest BCUT2D eigenvalue weighted by atomic mass is 10.0. The van der Waals surface area contributed by atoms with Crippen LogP contribution in [0.4, 0.5) is 5.82 Å².